The number of carbonyl (C=O) groups excluding carboxylic acids is 1. The second-order valence-corrected chi connectivity index (χ2v) is 4.51. The zero-order chi connectivity index (χ0) is 13.2. The molecule has 8 heteroatoms. The first-order valence-corrected chi connectivity index (χ1v) is 6.20. The van der Waals surface area contributed by atoms with Gasteiger partial charge < -0.3 is 9.47 Å². The molecular weight excluding hydrogens is 271 g/mol. The Labute approximate surface area is 105 Å². The average molecular weight is 281 g/mol. The van der Waals surface area contributed by atoms with Gasteiger partial charge >= 0.3 is 12.1 Å². The number of carbonyl (C=O) groups is 1. The predicted octanol–water partition coefficient (Wildman–Crippen LogP) is 2.41. The predicted molar refractivity (Wildman–Crippen MR) is 56.3 cm³/mol. The second-order valence-electron chi connectivity index (χ2n) is 3.79. The highest BCUT2D eigenvalue weighted by Gasteiger charge is 2.49. The van der Waals surface area contributed by atoms with E-state index in [1.54, 1.807) is 0 Å². The smallest absolute Gasteiger partial charge is 0.428 e. The normalized spacial score (nSPS) is 21.8. The van der Waals surface area contributed by atoms with E-state index in [1.807, 2.05) is 0 Å². The van der Waals surface area contributed by atoms with Crippen molar-refractivity contribution in [1.82, 2.24) is 4.98 Å². The molecule has 0 amide bonds. The summed E-state index contributed by atoms with van der Waals surface area (Å²) >= 11 is 1.11. The topological polar surface area (TPSA) is 48.4 Å². The summed E-state index contributed by atoms with van der Waals surface area (Å²) in [5.41, 5.74) is 1.23. The Hall–Kier alpha value is -1.15. The fraction of sp³-hybridized carbons (Fsp3) is 0.600. The third kappa shape index (κ3) is 2.99. The van der Waals surface area contributed by atoms with Gasteiger partial charge in [0.25, 0.3) is 0 Å². The van der Waals surface area contributed by atoms with Crippen molar-refractivity contribution in [1.29, 1.82) is 0 Å². The molecule has 1 saturated heterocycles. The first kappa shape index (κ1) is 13.3. The number of rotatable bonds is 3. The monoisotopic (exact) mass is 281 g/mol. The van der Waals surface area contributed by atoms with Crippen LogP contribution in [0.3, 0.4) is 0 Å². The van der Waals surface area contributed by atoms with Gasteiger partial charge in [-0.15, -0.1) is 11.3 Å². The number of halogens is 3. The minimum Gasteiger partial charge on any atom is -0.445 e. The molecule has 2 heterocycles. The van der Waals surface area contributed by atoms with Gasteiger partial charge in [-0.1, -0.05) is 0 Å². The molecule has 1 aromatic rings. The van der Waals surface area contributed by atoms with E-state index in [9.17, 15) is 18.0 Å². The molecule has 0 N–H and O–H groups in total. The number of ether oxygens (including phenoxy) is 2. The first-order chi connectivity index (χ1) is 8.48. The van der Waals surface area contributed by atoms with Gasteiger partial charge in [0.2, 0.25) is 6.10 Å². The highest BCUT2D eigenvalue weighted by molar-refractivity contribution is 7.07. The van der Waals surface area contributed by atoms with E-state index in [1.165, 1.54) is 10.9 Å². The zero-order valence-electron chi connectivity index (χ0n) is 9.14. The molecule has 0 saturated carbocycles. The van der Waals surface area contributed by atoms with E-state index in [4.69, 9.17) is 4.74 Å². The Morgan fingerprint density at radius 3 is 2.89 bits per heavy atom. The third-order valence-electron chi connectivity index (χ3n) is 2.50. The molecule has 0 unspecified atom stereocenters. The lowest BCUT2D eigenvalue weighted by molar-refractivity contribution is -0.230. The van der Waals surface area contributed by atoms with Gasteiger partial charge in [0.05, 0.1) is 5.51 Å². The number of esters is 1. The fourth-order valence-electron chi connectivity index (χ4n) is 1.68. The molecule has 0 spiro atoms. The summed E-state index contributed by atoms with van der Waals surface area (Å²) in [7, 11) is 0. The maximum absolute atomic E-state index is 12.8. The summed E-state index contributed by atoms with van der Waals surface area (Å²) in [6.07, 6.45) is -7.22. The molecule has 100 valence electrons. The molecule has 18 heavy (non-hydrogen) atoms. The van der Waals surface area contributed by atoms with Crippen molar-refractivity contribution in [2.24, 2.45) is 0 Å². The van der Waals surface area contributed by atoms with Crippen molar-refractivity contribution < 1.29 is 27.4 Å². The van der Waals surface area contributed by atoms with Crippen molar-refractivity contribution in [3.63, 3.8) is 0 Å². The third-order valence-corrected chi connectivity index (χ3v) is 3.09. The Morgan fingerprint density at radius 2 is 2.39 bits per heavy atom. The van der Waals surface area contributed by atoms with Crippen LogP contribution < -0.4 is 0 Å². The quantitative estimate of drug-likeness (QED) is 0.798. The molecule has 1 aromatic heterocycles. The van der Waals surface area contributed by atoms with Gasteiger partial charge in [0, 0.05) is 12.0 Å². The Morgan fingerprint density at radius 1 is 1.61 bits per heavy atom. The van der Waals surface area contributed by atoms with Crippen LogP contribution in [0.4, 0.5) is 13.2 Å². The van der Waals surface area contributed by atoms with Gasteiger partial charge in [-0.25, -0.2) is 9.78 Å². The molecule has 2 atom stereocenters. The van der Waals surface area contributed by atoms with Crippen LogP contribution in [0, 0.1) is 0 Å². The molecule has 0 aromatic carbocycles. The van der Waals surface area contributed by atoms with Crippen molar-refractivity contribution in [3.05, 3.63) is 16.6 Å². The van der Waals surface area contributed by atoms with Crippen LogP contribution in [-0.4, -0.2) is 35.9 Å². The van der Waals surface area contributed by atoms with E-state index in [-0.39, 0.29) is 18.7 Å². The summed E-state index contributed by atoms with van der Waals surface area (Å²) in [5, 5.41) is 1.34. The van der Waals surface area contributed by atoms with Gasteiger partial charge in [0.15, 0.2) is 5.69 Å². The van der Waals surface area contributed by atoms with E-state index >= 15 is 0 Å². The van der Waals surface area contributed by atoms with Crippen LogP contribution >= 0.6 is 11.3 Å². The molecule has 4 nitrogen and oxygen atoms in total. The van der Waals surface area contributed by atoms with Gasteiger partial charge in [0.1, 0.15) is 6.10 Å². The molecule has 2 rings (SSSR count). The highest BCUT2D eigenvalue weighted by Crippen LogP contribution is 2.31. The molecule has 0 radical (unpaired) electrons. The summed E-state index contributed by atoms with van der Waals surface area (Å²) in [6.45, 7) is 0.255. The van der Waals surface area contributed by atoms with Crippen LogP contribution in [0.25, 0.3) is 0 Å². The summed E-state index contributed by atoms with van der Waals surface area (Å²) in [4.78, 5) is 15.1. The lowest BCUT2D eigenvalue weighted by atomic mass is 10.1. The van der Waals surface area contributed by atoms with Crippen LogP contribution in [0.2, 0.25) is 0 Å². The number of hydrogen-bond acceptors (Lipinski definition) is 5. The van der Waals surface area contributed by atoms with Crippen molar-refractivity contribution in [2.45, 2.75) is 31.2 Å². The average Bonchev–Trinajstić information content (AvgIpc) is 2.96. The number of nitrogens with zero attached hydrogens (tertiary/aromatic N) is 1. The Bertz CT molecular complexity index is 401. The Balaban J connectivity index is 2.08. The summed E-state index contributed by atoms with van der Waals surface area (Å²) < 4.78 is 47.8. The van der Waals surface area contributed by atoms with E-state index in [0.29, 0.717) is 6.42 Å². The lowest BCUT2D eigenvalue weighted by Crippen LogP contribution is -2.43. The maximum atomic E-state index is 12.8. The van der Waals surface area contributed by atoms with Gasteiger partial charge in [-0.05, 0) is 12.8 Å². The van der Waals surface area contributed by atoms with Crippen molar-refractivity contribution in [3.8, 4) is 0 Å². The summed E-state index contributed by atoms with van der Waals surface area (Å²) in [6, 6.07) is 0. The van der Waals surface area contributed by atoms with E-state index in [0.717, 1.165) is 11.3 Å². The second kappa shape index (κ2) is 5.23. The van der Waals surface area contributed by atoms with Crippen LogP contribution in [-0.2, 0) is 9.47 Å². The SMILES string of the molecule is O=C(O[C@@H]([C@@H]1CCCO1)C(F)(F)F)c1cscn1. The molecule has 0 aliphatic carbocycles. The van der Waals surface area contributed by atoms with Gasteiger partial charge in [-0.3, -0.25) is 0 Å². The largest absolute Gasteiger partial charge is 0.445 e. The first-order valence-electron chi connectivity index (χ1n) is 5.26. The van der Waals surface area contributed by atoms with Crippen LogP contribution in [0.5, 0.6) is 0 Å². The number of alkyl halides is 3. The van der Waals surface area contributed by atoms with E-state index < -0.39 is 24.4 Å². The summed E-state index contributed by atoms with van der Waals surface area (Å²) in [5.74, 6) is -1.07. The van der Waals surface area contributed by atoms with Crippen molar-refractivity contribution >= 4 is 17.3 Å². The Kier molecular flexibility index (Phi) is 3.86. The zero-order valence-corrected chi connectivity index (χ0v) is 9.96. The van der Waals surface area contributed by atoms with Gasteiger partial charge in [-0.2, -0.15) is 13.2 Å². The highest BCUT2D eigenvalue weighted by atomic mass is 32.1. The fourth-order valence-corrected chi connectivity index (χ4v) is 2.21. The van der Waals surface area contributed by atoms with Crippen LogP contribution in [0.1, 0.15) is 23.3 Å². The number of thiazole rings is 1. The minimum absolute atomic E-state index is 0.118. The van der Waals surface area contributed by atoms with E-state index in [2.05, 4.69) is 9.72 Å². The lowest BCUT2D eigenvalue weighted by Gasteiger charge is -2.24. The molecule has 1 aliphatic heterocycles. The molecule has 1 aliphatic rings. The standard InChI is InChI=1S/C10H10F3NO3S/c11-10(12,13)8(7-2-1-3-16-7)17-9(15)6-4-18-5-14-6/h4-5,7-8H,1-3H2/t7-,8-/m0/s1. The molecule has 0 bridgehead atoms. The molecular formula is C10H10F3NO3S. The maximum Gasteiger partial charge on any atom is 0.428 e. The van der Waals surface area contributed by atoms with Crippen molar-refractivity contribution in [2.75, 3.05) is 6.61 Å². The molecule has 1 fully saturated rings. The van der Waals surface area contributed by atoms with Crippen LogP contribution in [0.15, 0.2) is 10.9 Å². The number of hydrogen-bond donors (Lipinski definition) is 0. The number of aromatic nitrogens is 1. The minimum atomic E-state index is -4.64.